The zero-order valence-electron chi connectivity index (χ0n) is 18.7. The van der Waals surface area contributed by atoms with E-state index in [1.165, 1.54) is 24.5 Å². The predicted molar refractivity (Wildman–Crippen MR) is 123 cm³/mol. The molecule has 1 aromatic carbocycles. The number of nitrogens with one attached hydrogen (secondary N) is 1. The van der Waals surface area contributed by atoms with Crippen LogP contribution < -0.4 is 5.32 Å². The third kappa shape index (κ3) is 4.31. The highest BCUT2D eigenvalue weighted by atomic mass is 35.5. The summed E-state index contributed by atoms with van der Waals surface area (Å²) < 4.78 is 44.5. The molecule has 11 heteroatoms. The summed E-state index contributed by atoms with van der Waals surface area (Å²) in [7, 11) is 0. The van der Waals surface area contributed by atoms with Gasteiger partial charge in [-0.25, -0.2) is 0 Å². The van der Waals surface area contributed by atoms with Crippen molar-refractivity contribution in [2.75, 3.05) is 0 Å². The second-order valence-electron chi connectivity index (χ2n) is 9.34. The van der Waals surface area contributed by atoms with Gasteiger partial charge >= 0.3 is 6.18 Å². The van der Waals surface area contributed by atoms with Crippen molar-refractivity contribution >= 4 is 40.8 Å². The van der Waals surface area contributed by atoms with Gasteiger partial charge in [-0.2, -0.15) is 13.2 Å². The molecule has 4 rings (SSSR count). The number of allylic oxidation sites excluding steroid dienone is 1. The zero-order chi connectivity index (χ0) is 25.8. The maximum absolute atomic E-state index is 14.8. The summed E-state index contributed by atoms with van der Waals surface area (Å²) in [6, 6.07) is 6.83. The van der Waals surface area contributed by atoms with Crippen molar-refractivity contribution < 1.29 is 27.6 Å². The van der Waals surface area contributed by atoms with E-state index in [1.807, 2.05) is 5.32 Å². The Kier molecular flexibility index (Phi) is 6.22. The van der Waals surface area contributed by atoms with Crippen molar-refractivity contribution in [2.45, 2.75) is 44.9 Å². The summed E-state index contributed by atoms with van der Waals surface area (Å²) in [4.78, 5) is 44.7. The van der Waals surface area contributed by atoms with E-state index < -0.39 is 40.3 Å². The summed E-state index contributed by atoms with van der Waals surface area (Å²) in [5, 5.41) is 1.83. The molecule has 1 atom stereocenters. The van der Waals surface area contributed by atoms with E-state index in [0.29, 0.717) is 5.56 Å². The summed E-state index contributed by atoms with van der Waals surface area (Å²) in [5.74, 6) is -3.56. The first-order valence-electron chi connectivity index (χ1n) is 10.6. The molecule has 2 aliphatic rings. The molecule has 0 radical (unpaired) electrons. The van der Waals surface area contributed by atoms with Crippen LogP contribution in [-0.4, -0.2) is 39.2 Å². The Morgan fingerprint density at radius 2 is 1.89 bits per heavy atom. The zero-order valence-corrected chi connectivity index (χ0v) is 20.2. The van der Waals surface area contributed by atoms with Crippen molar-refractivity contribution in [3.8, 4) is 0 Å². The summed E-state index contributed by atoms with van der Waals surface area (Å²) in [6.45, 7) is 3.23. The molecule has 2 aromatic rings. The van der Waals surface area contributed by atoms with Crippen LogP contribution >= 0.6 is 23.2 Å². The molecular formula is C24H20Cl2F3N3O3. The highest BCUT2D eigenvalue weighted by Gasteiger charge is 2.71. The van der Waals surface area contributed by atoms with Crippen LogP contribution in [0.2, 0.25) is 10.0 Å². The SMILES string of the molecule is CC1(C)CC(=O)C2=C(C1)N(Cc1cccnc1)C(=O)C2(NC(=O)c1ccc(Cl)cc1Cl)C(F)(F)F. The number of aromatic nitrogens is 1. The number of nitrogens with zero attached hydrogens (tertiary/aromatic N) is 2. The van der Waals surface area contributed by atoms with Crippen molar-refractivity contribution in [3.05, 3.63) is 75.2 Å². The molecule has 6 nitrogen and oxygen atoms in total. The standard InChI is InChI=1S/C24H20Cl2F3N3O3/c1-22(2)9-17-19(18(33)10-22)23(24(27,28)29,21(35)32(17)12-13-4-3-7-30-11-13)31-20(34)15-6-5-14(25)8-16(15)26/h3-8,11H,9-10,12H2,1-2H3,(H,31,34). The molecular weight excluding hydrogens is 506 g/mol. The van der Waals surface area contributed by atoms with Crippen molar-refractivity contribution in [2.24, 2.45) is 5.41 Å². The lowest BCUT2D eigenvalue weighted by molar-refractivity contribution is -0.190. The van der Waals surface area contributed by atoms with E-state index in [4.69, 9.17) is 23.2 Å². The number of Topliss-reactive ketones (excluding diaryl/α,β-unsaturated/α-hetero) is 1. The van der Waals surface area contributed by atoms with Gasteiger partial charge in [-0.15, -0.1) is 0 Å². The first-order chi connectivity index (χ1) is 16.3. The lowest BCUT2D eigenvalue weighted by Crippen LogP contribution is -2.66. The average molecular weight is 526 g/mol. The lowest BCUT2D eigenvalue weighted by atomic mass is 9.72. The van der Waals surface area contributed by atoms with Gasteiger partial charge in [0.05, 0.1) is 22.7 Å². The molecule has 35 heavy (non-hydrogen) atoms. The fourth-order valence-corrected chi connectivity index (χ4v) is 5.07. The number of rotatable bonds is 4. The number of pyridine rings is 1. The molecule has 0 spiro atoms. The smallest absolute Gasteiger partial charge is 0.326 e. The average Bonchev–Trinajstić information content (AvgIpc) is 2.96. The maximum atomic E-state index is 14.8. The maximum Gasteiger partial charge on any atom is 0.425 e. The fourth-order valence-electron chi connectivity index (χ4n) is 4.58. The Morgan fingerprint density at radius 1 is 1.17 bits per heavy atom. The summed E-state index contributed by atoms with van der Waals surface area (Å²) in [5.41, 5.74) is -4.90. The third-order valence-corrected chi connectivity index (χ3v) is 6.63. The van der Waals surface area contributed by atoms with Gasteiger partial charge in [0.15, 0.2) is 5.78 Å². The molecule has 0 saturated heterocycles. The minimum Gasteiger partial charge on any atom is -0.326 e. The number of hydrogen-bond donors (Lipinski definition) is 1. The van der Waals surface area contributed by atoms with Gasteiger partial charge in [0.1, 0.15) is 0 Å². The number of hydrogen-bond acceptors (Lipinski definition) is 4. The molecule has 1 unspecified atom stereocenters. The largest absolute Gasteiger partial charge is 0.425 e. The number of alkyl halides is 3. The van der Waals surface area contributed by atoms with Crippen LogP contribution in [0.15, 0.2) is 54.0 Å². The van der Waals surface area contributed by atoms with Gasteiger partial charge in [-0.05, 0) is 41.7 Å². The van der Waals surface area contributed by atoms with Gasteiger partial charge in [0, 0.05) is 29.5 Å². The van der Waals surface area contributed by atoms with E-state index >= 15 is 0 Å². The van der Waals surface area contributed by atoms with Crippen molar-refractivity contribution in [1.29, 1.82) is 0 Å². The molecule has 184 valence electrons. The van der Waals surface area contributed by atoms with Crippen LogP contribution in [0.4, 0.5) is 13.2 Å². The van der Waals surface area contributed by atoms with Crippen LogP contribution in [0.25, 0.3) is 0 Å². The normalized spacial score (nSPS) is 21.9. The highest BCUT2D eigenvalue weighted by molar-refractivity contribution is 6.36. The molecule has 1 aliphatic carbocycles. The number of carbonyl (C=O) groups is 3. The van der Waals surface area contributed by atoms with Crippen LogP contribution in [0.3, 0.4) is 0 Å². The van der Waals surface area contributed by atoms with Gasteiger partial charge in [0.2, 0.25) is 5.54 Å². The Bertz CT molecular complexity index is 1260. The monoisotopic (exact) mass is 525 g/mol. The Hall–Kier alpha value is -2.91. The van der Waals surface area contributed by atoms with Crippen LogP contribution in [0.1, 0.15) is 42.6 Å². The van der Waals surface area contributed by atoms with E-state index in [0.717, 1.165) is 11.0 Å². The number of ketones is 1. The number of benzene rings is 1. The number of amides is 2. The first-order valence-corrected chi connectivity index (χ1v) is 11.3. The second kappa shape index (κ2) is 8.64. The highest BCUT2D eigenvalue weighted by Crippen LogP contribution is 2.52. The summed E-state index contributed by atoms with van der Waals surface area (Å²) >= 11 is 11.9. The Morgan fingerprint density at radius 3 is 2.49 bits per heavy atom. The predicted octanol–water partition coefficient (Wildman–Crippen LogP) is 5.10. The van der Waals surface area contributed by atoms with Gasteiger partial charge in [-0.1, -0.05) is 43.1 Å². The third-order valence-electron chi connectivity index (χ3n) is 6.08. The molecule has 0 fully saturated rings. The Labute approximate surface area is 209 Å². The number of halogens is 5. The fraction of sp³-hybridized carbons (Fsp3) is 0.333. The molecule has 0 saturated carbocycles. The topological polar surface area (TPSA) is 79.4 Å². The number of carbonyl (C=O) groups excluding carboxylic acids is 3. The molecule has 1 aliphatic heterocycles. The summed E-state index contributed by atoms with van der Waals surface area (Å²) in [6.07, 6.45) is -2.59. The van der Waals surface area contributed by atoms with E-state index in [-0.39, 0.29) is 40.7 Å². The van der Waals surface area contributed by atoms with Crippen LogP contribution in [-0.2, 0) is 16.1 Å². The Balaban J connectivity index is 1.88. The molecule has 2 heterocycles. The van der Waals surface area contributed by atoms with E-state index in [1.54, 1.807) is 26.0 Å². The van der Waals surface area contributed by atoms with Crippen molar-refractivity contribution in [3.63, 3.8) is 0 Å². The molecule has 0 bridgehead atoms. The minimum absolute atomic E-state index is 0.0372. The van der Waals surface area contributed by atoms with Crippen LogP contribution in [0.5, 0.6) is 0 Å². The van der Waals surface area contributed by atoms with Gasteiger partial charge in [0.25, 0.3) is 11.8 Å². The molecule has 2 amide bonds. The van der Waals surface area contributed by atoms with E-state index in [2.05, 4.69) is 4.98 Å². The molecule has 1 aromatic heterocycles. The van der Waals surface area contributed by atoms with E-state index in [9.17, 15) is 27.6 Å². The quantitative estimate of drug-likeness (QED) is 0.601. The lowest BCUT2D eigenvalue weighted by Gasteiger charge is -2.35. The van der Waals surface area contributed by atoms with Gasteiger partial charge < -0.3 is 10.2 Å². The first kappa shape index (κ1) is 25.2. The second-order valence-corrected chi connectivity index (χ2v) is 10.2. The minimum atomic E-state index is -5.32. The van der Waals surface area contributed by atoms with Crippen molar-refractivity contribution in [1.82, 2.24) is 15.2 Å². The molecule has 1 N–H and O–H groups in total. The van der Waals surface area contributed by atoms with Crippen LogP contribution in [0, 0.1) is 5.41 Å². The van der Waals surface area contributed by atoms with Gasteiger partial charge in [-0.3, -0.25) is 19.4 Å².